The Morgan fingerprint density at radius 3 is 2.81 bits per heavy atom. The van der Waals surface area contributed by atoms with Gasteiger partial charge in [0, 0.05) is 23.2 Å². The lowest BCUT2D eigenvalue weighted by atomic mass is 10.2. The second kappa shape index (κ2) is 7.50. The Hall–Kier alpha value is -2.71. The standard InChI is InChI=1S/C19H17N5OS2/c1-12-6-3-4-8-15(12)21-18-22-23-19(27-18)26-11-14-10-17(25)24-13(2)7-5-9-16(24)20-14/h3-10H,11H2,1-2H3,(H,21,22). The quantitative estimate of drug-likeness (QED) is 0.511. The molecule has 0 bridgehead atoms. The van der Waals surface area contributed by atoms with Crippen molar-refractivity contribution in [2.45, 2.75) is 23.9 Å². The number of pyridine rings is 1. The van der Waals surface area contributed by atoms with Crippen LogP contribution in [0.15, 0.2) is 57.7 Å². The first-order valence-corrected chi connectivity index (χ1v) is 10.2. The molecule has 3 aromatic heterocycles. The largest absolute Gasteiger partial charge is 0.330 e. The van der Waals surface area contributed by atoms with Gasteiger partial charge in [-0.25, -0.2) is 4.98 Å². The maximum atomic E-state index is 12.3. The van der Waals surface area contributed by atoms with Gasteiger partial charge < -0.3 is 5.32 Å². The average Bonchev–Trinajstić information content (AvgIpc) is 3.09. The van der Waals surface area contributed by atoms with E-state index in [0.717, 1.165) is 32.1 Å². The molecule has 1 aromatic carbocycles. The number of para-hydroxylation sites is 1. The number of thioether (sulfide) groups is 1. The SMILES string of the molecule is Cc1ccccc1Nc1nnc(SCc2cc(=O)n3c(C)cccc3n2)s1. The molecule has 0 spiro atoms. The summed E-state index contributed by atoms with van der Waals surface area (Å²) >= 11 is 3.01. The molecule has 27 heavy (non-hydrogen) atoms. The van der Waals surface area contributed by atoms with Crippen molar-refractivity contribution in [1.82, 2.24) is 19.6 Å². The topological polar surface area (TPSA) is 72.2 Å². The Labute approximate surface area is 164 Å². The highest BCUT2D eigenvalue weighted by atomic mass is 32.2. The first kappa shape index (κ1) is 17.7. The zero-order valence-corrected chi connectivity index (χ0v) is 16.5. The molecular weight excluding hydrogens is 378 g/mol. The minimum absolute atomic E-state index is 0.0622. The van der Waals surface area contributed by atoms with Gasteiger partial charge in [-0.05, 0) is 37.6 Å². The van der Waals surface area contributed by atoms with Crippen molar-refractivity contribution >= 4 is 39.6 Å². The molecule has 0 amide bonds. The van der Waals surface area contributed by atoms with Crippen molar-refractivity contribution in [1.29, 1.82) is 0 Å². The second-order valence-electron chi connectivity index (χ2n) is 6.05. The molecule has 4 aromatic rings. The minimum atomic E-state index is -0.0622. The molecule has 0 aliphatic heterocycles. The number of rotatable bonds is 5. The van der Waals surface area contributed by atoms with Gasteiger partial charge in [0.25, 0.3) is 5.56 Å². The molecule has 0 fully saturated rings. The predicted octanol–water partition coefficient (Wildman–Crippen LogP) is 4.20. The Morgan fingerprint density at radius 1 is 1.11 bits per heavy atom. The van der Waals surface area contributed by atoms with Crippen molar-refractivity contribution in [3.63, 3.8) is 0 Å². The predicted molar refractivity (Wildman–Crippen MR) is 110 cm³/mol. The highest BCUT2D eigenvalue weighted by molar-refractivity contribution is 8.00. The second-order valence-corrected chi connectivity index (χ2v) is 8.25. The molecule has 0 atom stereocenters. The van der Waals surface area contributed by atoms with E-state index in [-0.39, 0.29) is 5.56 Å². The summed E-state index contributed by atoms with van der Waals surface area (Å²) in [5, 5.41) is 12.4. The lowest BCUT2D eigenvalue weighted by Crippen LogP contribution is -2.17. The summed E-state index contributed by atoms with van der Waals surface area (Å²) in [7, 11) is 0. The van der Waals surface area contributed by atoms with Crippen molar-refractivity contribution in [2.24, 2.45) is 0 Å². The van der Waals surface area contributed by atoms with E-state index in [0.29, 0.717) is 11.4 Å². The summed E-state index contributed by atoms with van der Waals surface area (Å²) in [4.78, 5) is 16.9. The van der Waals surface area contributed by atoms with Gasteiger partial charge in [0.1, 0.15) is 5.65 Å². The molecule has 8 heteroatoms. The molecular formula is C19H17N5OS2. The van der Waals surface area contributed by atoms with E-state index in [2.05, 4.69) is 20.5 Å². The van der Waals surface area contributed by atoms with Gasteiger partial charge in [-0.1, -0.05) is 47.4 Å². The Bertz CT molecular complexity index is 1170. The number of nitrogens with one attached hydrogen (secondary N) is 1. The fourth-order valence-electron chi connectivity index (χ4n) is 2.72. The van der Waals surface area contributed by atoms with E-state index >= 15 is 0 Å². The average molecular weight is 396 g/mol. The fourth-order valence-corrected chi connectivity index (χ4v) is 4.38. The summed E-state index contributed by atoms with van der Waals surface area (Å²) < 4.78 is 2.45. The zero-order valence-electron chi connectivity index (χ0n) is 14.8. The van der Waals surface area contributed by atoms with Crippen LogP contribution in [0.25, 0.3) is 5.65 Å². The van der Waals surface area contributed by atoms with Crippen LogP contribution in [-0.4, -0.2) is 19.6 Å². The summed E-state index contributed by atoms with van der Waals surface area (Å²) in [5.41, 5.74) is 4.38. The molecule has 4 rings (SSSR count). The van der Waals surface area contributed by atoms with Crippen molar-refractivity contribution in [3.05, 3.63) is 75.8 Å². The van der Waals surface area contributed by atoms with Crippen molar-refractivity contribution < 1.29 is 0 Å². The Morgan fingerprint density at radius 2 is 1.96 bits per heavy atom. The lowest BCUT2D eigenvalue weighted by molar-refractivity contribution is 0.967. The first-order chi connectivity index (χ1) is 13.1. The van der Waals surface area contributed by atoms with E-state index in [4.69, 9.17) is 0 Å². The third-order valence-electron chi connectivity index (χ3n) is 4.07. The first-order valence-electron chi connectivity index (χ1n) is 8.37. The Kier molecular flexibility index (Phi) is 4.91. The van der Waals surface area contributed by atoms with Crippen LogP contribution < -0.4 is 10.9 Å². The van der Waals surface area contributed by atoms with Crippen LogP contribution in [0.3, 0.4) is 0 Å². The number of hydrogen-bond donors (Lipinski definition) is 1. The zero-order chi connectivity index (χ0) is 18.8. The van der Waals surface area contributed by atoms with Gasteiger partial charge in [-0.2, -0.15) is 0 Å². The van der Waals surface area contributed by atoms with Crippen LogP contribution in [0.4, 0.5) is 10.8 Å². The van der Waals surface area contributed by atoms with E-state index in [1.807, 2.05) is 56.3 Å². The highest BCUT2D eigenvalue weighted by Gasteiger charge is 2.09. The highest BCUT2D eigenvalue weighted by Crippen LogP contribution is 2.30. The number of aryl methyl sites for hydroxylation is 2. The summed E-state index contributed by atoms with van der Waals surface area (Å²) in [6, 6.07) is 15.3. The molecule has 0 saturated carbocycles. The van der Waals surface area contributed by atoms with Gasteiger partial charge in [-0.15, -0.1) is 10.2 Å². The summed E-state index contributed by atoms with van der Waals surface area (Å²) in [6.07, 6.45) is 0. The summed E-state index contributed by atoms with van der Waals surface area (Å²) in [5.74, 6) is 0.568. The van der Waals surface area contributed by atoms with Crippen LogP contribution in [0.1, 0.15) is 17.0 Å². The van der Waals surface area contributed by atoms with Crippen LogP contribution in [-0.2, 0) is 5.75 Å². The van der Waals surface area contributed by atoms with Crippen molar-refractivity contribution in [2.75, 3.05) is 5.32 Å². The summed E-state index contributed by atoms with van der Waals surface area (Å²) in [6.45, 7) is 3.94. The van der Waals surface area contributed by atoms with Gasteiger partial charge >= 0.3 is 0 Å². The van der Waals surface area contributed by atoms with Gasteiger partial charge in [-0.3, -0.25) is 9.20 Å². The molecule has 0 saturated heterocycles. The van der Waals surface area contributed by atoms with Crippen LogP contribution in [0.5, 0.6) is 0 Å². The lowest BCUT2D eigenvalue weighted by Gasteiger charge is -2.05. The molecule has 0 radical (unpaired) electrons. The molecule has 6 nitrogen and oxygen atoms in total. The number of hydrogen-bond acceptors (Lipinski definition) is 7. The molecule has 0 unspecified atom stereocenters. The third-order valence-corrected chi connectivity index (χ3v) is 6.08. The fraction of sp³-hybridized carbons (Fsp3) is 0.158. The van der Waals surface area contributed by atoms with Crippen molar-refractivity contribution in [3.8, 4) is 0 Å². The number of fused-ring (bicyclic) bond motifs is 1. The molecule has 0 aliphatic carbocycles. The van der Waals surface area contributed by atoms with Crippen LogP contribution in [0, 0.1) is 13.8 Å². The minimum Gasteiger partial charge on any atom is -0.330 e. The van der Waals surface area contributed by atoms with E-state index in [9.17, 15) is 4.79 Å². The van der Waals surface area contributed by atoms with Crippen LogP contribution in [0.2, 0.25) is 0 Å². The number of nitrogens with zero attached hydrogens (tertiary/aromatic N) is 4. The molecule has 1 N–H and O–H groups in total. The van der Waals surface area contributed by atoms with E-state index < -0.39 is 0 Å². The maximum absolute atomic E-state index is 12.3. The Balaban J connectivity index is 1.48. The molecule has 136 valence electrons. The smallest absolute Gasteiger partial charge is 0.258 e. The number of anilines is 2. The normalized spacial score (nSPS) is 11.0. The maximum Gasteiger partial charge on any atom is 0.258 e. The van der Waals surface area contributed by atoms with E-state index in [1.165, 1.54) is 23.1 Å². The monoisotopic (exact) mass is 395 g/mol. The molecule has 3 heterocycles. The van der Waals surface area contributed by atoms with Crippen LogP contribution >= 0.6 is 23.1 Å². The van der Waals surface area contributed by atoms with Gasteiger partial charge in [0.15, 0.2) is 4.34 Å². The van der Waals surface area contributed by atoms with Gasteiger partial charge in [0.2, 0.25) is 5.13 Å². The van der Waals surface area contributed by atoms with E-state index in [1.54, 1.807) is 10.5 Å². The molecule has 0 aliphatic rings. The number of aromatic nitrogens is 4. The van der Waals surface area contributed by atoms with Gasteiger partial charge in [0.05, 0.1) is 5.69 Å². The number of benzene rings is 1. The third kappa shape index (κ3) is 3.86.